The Kier molecular flexibility index (Phi) is 9.05. The van der Waals surface area contributed by atoms with Gasteiger partial charge in [-0.05, 0) is 53.5 Å². The van der Waals surface area contributed by atoms with E-state index < -0.39 is 23.0 Å². The molecule has 0 aromatic heterocycles. The third-order valence-corrected chi connectivity index (χ3v) is 5.21. The molecule has 0 aliphatic carbocycles. The van der Waals surface area contributed by atoms with Gasteiger partial charge in [-0.15, -0.1) is 6.58 Å². The SMILES string of the molecule is C=CC[C@@H]1O[C@H](COC(=O)C(C)(C)C)[C@@H](OC(=O)C(C)(C)C)C[C@H]1OCc1ccccc1. The van der Waals surface area contributed by atoms with Crippen LogP contribution in [-0.4, -0.2) is 43.0 Å². The second-order valence-corrected chi connectivity index (χ2v) is 10.4. The number of rotatable bonds is 8. The lowest BCUT2D eigenvalue weighted by Crippen LogP contribution is -2.52. The predicted octanol–water partition coefficient (Wildman–Crippen LogP) is 4.85. The Hall–Kier alpha value is -2.18. The van der Waals surface area contributed by atoms with Crippen molar-refractivity contribution in [2.75, 3.05) is 6.61 Å². The second kappa shape index (κ2) is 11.1. The summed E-state index contributed by atoms with van der Waals surface area (Å²) in [5.74, 6) is -0.660. The third kappa shape index (κ3) is 7.75. The first kappa shape index (κ1) is 26.1. The van der Waals surface area contributed by atoms with Gasteiger partial charge in [-0.25, -0.2) is 0 Å². The summed E-state index contributed by atoms with van der Waals surface area (Å²) in [6.07, 6.45) is 1.07. The number of ether oxygens (including phenoxy) is 4. The first-order chi connectivity index (χ1) is 14.9. The normalized spacial score (nSPS) is 23.9. The smallest absolute Gasteiger partial charge is 0.311 e. The van der Waals surface area contributed by atoms with Crippen LogP contribution in [0.4, 0.5) is 0 Å². The molecule has 6 heteroatoms. The van der Waals surface area contributed by atoms with Crippen molar-refractivity contribution >= 4 is 11.9 Å². The molecule has 0 saturated carbocycles. The van der Waals surface area contributed by atoms with Gasteiger partial charge in [-0.1, -0.05) is 36.4 Å². The lowest BCUT2D eigenvalue weighted by Gasteiger charge is -2.41. The molecular formula is C26H38O6. The van der Waals surface area contributed by atoms with Crippen molar-refractivity contribution in [1.82, 2.24) is 0 Å². The van der Waals surface area contributed by atoms with Crippen LogP contribution in [-0.2, 0) is 35.1 Å². The lowest BCUT2D eigenvalue weighted by molar-refractivity contribution is -0.217. The van der Waals surface area contributed by atoms with Crippen molar-refractivity contribution in [2.45, 2.75) is 85.4 Å². The fraction of sp³-hybridized carbons (Fsp3) is 0.615. The Balaban J connectivity index is 2.16. The highest BCUT2D eigenvalue weighted by Crippen LogP contribution is 2.30. The van der Waals surface area contributed by atoms with Gasteiger partial charge in [0.1, 0.15) is 18.8 Å². The molecule has 4 atom stereocenters. The molecule has 1 aromatic carbocycles. The van der Waals surface area contributed by atoms with Crippen LogP contribution >= 0.6 is 0 Å². The molecule has 1 aliphatic heterocycles. The Labute approximate surface area is 192 Å². The highest BCUT2D eigenvalue weighted by molar-refractivity contribution is 5.76. The largest absolute Gasteiger partial charge is 0.462 e. The van der Waals surface area contributed by atoms with Gasteiger partial charge in [-0.2, -0.15) is 0 Å². The van der Waals surface area contributed by atoms with Gasteiger partial charge >= 0.3 is 11.9 Å². The number of carbonyl (C=O) groups excluding carboxylic acids is 2. The minimum atomic E-state index is -0.662. The molecule has 0 bridgehead atoms. The van der Waals surface area contributed by atoms with E-state index >= 15 is 0 Å². The molecule has 2 rings (SSSR count). The first-order valence-electron chi connectivity index (χ1n) is 11.2. The van der Waals surface area contributed by atoms with Crippen LogP contribution in [0.1, 0.15) is 59.9 Å². The van der Waals surface area contributed by atoms with Gasteiger partial charge in [0.25, 0.3) is 0 Å². The molecule has 1 aliphatic rings. The molecule has 32 heavy (non-hydrogen) atoms. The Morgan fingerprint density at radius 2 is 1.62 bits per heavy atom. The Morgan fingerprint density at radius 1 is 1.00 bits per heavy atom. The van der Waals surface area contributed by atoms with Gasteiger partial charge in [-0.3, -0.25) is 9.59 Å². The van der Waals surface area contributed by atoms with Crippen molar-refractivity contribution in [3.05, 3.63) is 48.6 Å². The number of hydrogen-bond donors (Lipinski definition) is 0. The zero-order valence-electron chi connectivity index (χ0n) is 20.3. The summed E-state index contributed by atoms with van der Waals surface area (Å²) < 4.78 is 23.8. The lowest BCUT2D eigenvalue weighted by atomic mass is 9.94. The van der Waals surface area contributed by atoms with Gasteiger partial charge in [0.2, 0.25) is 0 Å². The summed E-state index contributed by atoms with van der Waals surface area (Å²) in [6, 6.07) is 9.88. The van der Waals surface area contributed by atoms with E-state index in [0.29, 0.717) is 19.4 Å². The highest BCUT2D eigenvalue weighted by Gasteiger charge is 2.42. The molecule has 0 radical (unpaired) electrons. The van der Waals surface area contributed by atoms with Crippen molar-refractivity contribution in [2.24, 2.45) is 10.8 Å². The van der Waals surface area contributed by atoms with Crippen LogP contribution in [0.3, 0.4) is 0 Å². The zero-order chi connectivity index (χ0) is 23.9. The van der Waals surface area contributed by atoms with E-state index in [9.17, 15) is 9.59 Å². The van der Waals surface area contributed by atoms with Gasteiger partial charge in [0.15, 0.2) is 0 Å². The highest BCUT2D eigenvalue weighted by atomic mass is 16.6. The molecule has 6 nitrogen and oxygen atoms in total. The van der Waals surface area contributed by atoms with Gasteiger partial charge in [0, 0.05) is 6.42 Å². The van der Waals surface area contributed by atoms with E-state index in [-0.39, 0.29) is 30.8 Å². The van der Waals surface area contributed by atoms with Crippen LogP contribution in [0.15, 0.2) is 43.0 Å². The van der Waals surface area contributed by atoms with E-state index in [0.717, 1.165) is 5.56 Å². The minimum absolute atomic E-state index is 0.0112. The quantitative estimate of drug-likeness (QED) is 0.420. The maximum atomic E-state index is 12.6. The number of hydrogen-bond acceptors (Lipinski definition) is 6. The van der Waals surface area contributed by atoms with Crippen molar-refractivity contribution < 1.29 is 28.5 Å². The molecule has 1 saturated heterocycles. The molecule has 0 N–H and O–H groups in total. The van der Waals surface area contributed by atoms with Gasteiger partial charge in [0.05, 0.1) is 29.6 Å². The molecule has 0 amide bonds. The summed E-state index contributed by atoms with van der Waals surface area (Å²) in [7, 11) is 0. The van der Waals surface area contributed by atoms with Crippen molar-refractivity contribution in [1.29, 1.82) is 0 Å². The maximum Gasteiger partial charge on any atom is 0.311 e. The Bertz CT molecular complexity index is 759. The molecule has 1 fully saturated rings. The predicted molar refractivity (Wildman–Crippen MR) is 123 cm³/mol. The zero-order valence-corrected chi connectivity index (χ0v) is 20.3. The topological polar surface area (TPSA) is 71.1 Å². The molecule has 0 unspecified atom stereocenters. The van der Waals surface area contributed by atoms with E-state index in [4.69, 9.17) is 18.9 Å². The molecule has 1 heterocycles. The van der Waals surface area contributed by atoms with Crippen LogP contribution in [0.25, 0.3) is 0 Å². The number of benzene rings is 1. The fourth-order valence-electron chi connectivity index (χ4n) is 3.22. The van der Waals surface area contributed by atoms with E-state index in [1.807, 2.05) is 30.3 Å². The fourth-order valence-corrected chi connectivity index (χ4v) is 3.22. The van der Waals surface area contributed by atoms with Gasteiger partial charge < -0.3 is 18.9 Å². The third-order valence-electron chi connectivity index (χ3n) is 5.21. The molecule has 178 valence electrons. The Morgan fingerprint density at radius 3 is 2.19 bits per heavy atom. The standard InChI is InChI=1S/C26H38O6/c1-8-12-19-20(29-16-18-13-10-9-11-14-18)15-21(32-24(28)26(5,6)7)22(31-19)17-30-23(27)25(2,3)4/h8-11,13-14,19-22H,1,12,15-17H2,2-7H3/t19-,20+,21-,22+/m0/s1. The first-order valence-corrected chi connectivity index (χ1v) is 11.2. The number of carbonyl (C=O) groups is 2. The monoisotopic (exact) mass is 446 g/mol. The second-order valence-electron chi connectivity index (χ2n) is 10.4. The van der Waals surface area contributed by atoms with Crippen molar-refractivity contribution in [3.8, 4) is 0 Å². The maximum absolute atomic E-state index is 12.6. The van der Waals surface area contributed by atoms with Crippen LogP contribution < -0.4 is 0 Å². The summed E-state index contributed by atoms with van der Waals surface area (Å²) in [6.45, 7) is 15.1. The summed E-state index contributed by atoms with van der Waals surface area (Å²) >= 11 is 0. The average Bonchev–Trinajstić information content (AvgIpc) is 2.71. The summed E-state index contributed by atoms with van der Waals surface area (Å²) in [5.41, 5.74) is -0.242. The van der Waals surface area contributed by atoms with Crippen molar-refractivity contribution in [3.63, 3.8) is 0 Å². The van der Waals surface area contributed by atoms with E-state index in [2.05, 4.69) is 6.58 Å². The molecule has 1 aromatic rings. The summed E-state index contributed by atoms with van der Waals surface area (Å²) in [5, 5.41) is 0. The average molecular weight is 447 g/mol. The van der Waals surface area contributed by atoms with Crippen LogP contribution in [0.5, 0.6) is 0 Å². The summed E-state index contributed by atoms with van der Waals surface area (Å²) in [4.78, 5) is 24.9. The minimum Gasteiger partial charge on any atom is -0.462 e. The number of esters is 2. The van der Waals surface area contributed by atoms with E-state index in [1.54, 1.807) is 47.6 Å². The molecule has 0 spiro atoms. The van der Waals surface area contributed by atoms with Crippen LogP contribution in [0, 0.1) is 10.8 Å². The van der Waals surface area contributed by atoms with E-state index in [1.165, 1.54) is 0 Å². The van der Waals surface area contributed by atoms with Crippen LogP contribution in [0.2, 0.25) is 0 Å². The molecular weight excluding hydrogens is 408 g/mol.